The zero-order valence-electron chi connectivity index (χ0n) is 7.42. The Kier molecular flexibility index (Phi) is 5.27. The average molecular weight is 174 g/mol. The third kappa shape index (κ3) is 4.01. The second-order valence-corrected chi connectivity index (χ2v) is 2.87. The van der Waals surface area contributed by atoms with Gasteiger partial charge in [-0.05, 0) is 25.9 Å². The number of hydrogen-bond donors (Lipinski definition) is 2. The first kappa shape index (κ1) is 9.92. The lowest BCUT2D eigenvalue weighted by Crippen LogP contribution is -2.35. The van der Waals surface area contributed by atoms with E-state index in [2.05, 4.69) is 5.32 Å². The number of hydrogen-bond acceptors (Lipinski definition) is 4. The molecular formula is C8H18N2O2. The molecule has 1 aliphatic heterocycles. The Hall–Kier alpha value is -0.160. The number of rotatable bonds is 5. The van der Waals surface area contributed by atoms with E-state index in [0.29, 0.717) is 0 Å². The summed E-state index contributed by atoms with van der Waals surface area (Å²) in [5.74, 6) is 0. The molecule has 0 amide bonds. The van der Waals surface area contributed by atoms with E-state index in [0.717, 1.165) is 45.7 Å². The summed E-state index contributed by atoms with van der Waals surface area (Å²) in [5, 5.41) is 3.23. The second kappa shape index (κ2) is 6.37. The Labute approximate surface area is 73.4 Å². The number of nitrogens with two attached hydrogens (primary N) is 1. The van der Waals surface area contributed by atoms with Crippen LogP contribution in [0.1, 0.15) is 12.8 Å². The van der Waals surface area contributed by atoms with Gasteiger partial charge in [0.25, 0.3) is 0 Å². The van der Waals surface area contributed by atoms with Crippen LogP contribution in [-0.2, 0) is 9.47 Å². The van der Waals surface area contributed by atoms with E-state index in [1.54, 1.807) is 0 Å². The largest absolute Gasteiger partial charge is 0.351 e. The minimum absolute atomic E-state index is 0.0449. The Morgan fingerprint density at radius 1 is 1.33 bits per heavy atom. The van der Waals surface area contributed by atoms with Crippen molar-refractivity contribution in [1.82, 2.24) is 5.32 Å². The molecule has 1 aliphatic rings. The summed E-state index contributed by atoms with van der Waals surface area (Å²) >= 11 is 0. The molecule has 0 bridgehead atoms. The van der Waals surface area contributed by atoms with Gasteiger partial charge in [-0.3, -0.25) is 0 Å². The molecule has 0 atom stereocenters. The molecule has 1 rings (SSSR count). The predicted octanol–water partition coefficient (Wildman–Crippen LogP) is -0.312. The Morgan fingerprint density at radius 2 is 2.08 bits per heavy atom. The fraction of sp³-hybridized carbons (Fsp3) is 1.00. The molecule has 0 unspecified atom stereocenters. The van der Waals surface area contributed by atoms with Crippen LogP contribution >= 0.6 is 0 Å². The van der Waals surface area contributed by atoms with Crippen LogP contribution in [0.25, 0.3) is 0 Å². The van der Waals surface area contributed by atoms with Gasteiger partial charge in [-0.2, -0.15) is 0 Å². The van der Waals surface area contributed by atoms with Crippen LogP contribution in [0.4, 0.5) is 0 Å². The predicted molar refractivity (Wildman–Crippen MR) is 46.9 cm³/mol. The highest BCUT2D eigenvalue weighted by atomic mass is 16.7. The highest BCUT2D eigenvalue weighted by Gasteiger charge is 2.12. The fourth-order valence-corrected chi connectivity index (χ4v) is 1.10. The molecule has 4 heteroatoms. The van der Waals surface area contributed by atoms with Gasteiger partial charge in [0.2, 0.25) is 0 Å². The van der Waals surface area contributed by atoms with Gasteiger partial charge < -0.3 is 20.5 Å². The SMILES string of the molecule is NCCCNCC1OCCCO1. The van der Waals surface area contributed by atoms with Crippen LogP contribution in [0.5, 0.6) is 0 Å². The quantitative estimate of drug-likeness (QED) is 0.561. The zero-order valence-corrected chi connectivity index (χ0v) is 7.42. The van der Waals surface area contributed by atoms with E-state index >= 15 is 0 Å². The van der Waals surface area contributed by atoms with E-state index in [1.807, 2.05) is 0 Å². The lowest BCUT2D eigenvalue weighted by molar-refractivity contribution is -0.175. The monoisotopic (exact) mass is 174 g/mol. The summed E-state index contributed by atoms with van der Waals surface area (Å²) in [6.07, 6.45) is 1.97. The molecule has 0 saturated carbocycles. The minimum atomic E-state index is -0.0449. The normalized spacial score (nSPS) is 19.8. The van der Waals surface area contributed by atoms with Gasteiger partial charge in [-0.1, -0.05) is 0 Å². The van der Waals surface area contributed by atoms with Crippen molar-refractivity contribution in [2.75, 3.05) is 32.8 Å². The van der Waals surface area contributed by atoms with Crippen molar-refractivity contribution in [1.29, 1.82) is 0 Å². The lowest BCUT2D eigenvalue weighted by Gasteiger charge is -2.23. The smallest absolute Gasteiger partial charge is 0.169 e. The van der Waals surface area contributed by atoms with Gasteiger partial charge in [0.15, 0.2) is 6.29 Å². The molecule has 0 spiro atoms. The van der Waals surface area contributed by atoms with Crippen LogP contribution < -0.4 is 11.1 Å². The zero-order chi connectivity index (χ0) is 8.65. The average Bonchev–Trinajstić information content (AvgIpc) is 2.14. The van der Waals surface area contributed by atoms with Crippen molar-refractivity contribution in [3.05, 3.63) is 0 Å². The number of ether oxygens (including phenoxy) is 2. The second-order valence-electron chi connectivity index (χ2n) is 2.87. The molecule has 1 saturated heterocycles. The molecule has 12 heavy (non-hydrogen) atoms. The van der Waals surface area contributed by atoms with Crippen LogP contribution in [0.3, 0.4) is 0 Å². The minimum Gasteiger partial charge on any atom is -0.351 e. The maximum Gasteiger partial charge on any atom is 0.169 e. The molecule has 0 radical (unpaired) electrons. The molecule has 0 aromatic rings. The molecular weight excluding hydrogens is 156 g/mol. The van der Waals surface area contributed by atoms with Crippen LogP contribution in [0, 0.1) is 0 Å². The van der Waals surface area contributed by atoms with Crippen molar-refractivity contribution in [3.63, 3.8) is 0 Å². The molecule has 0 aromatic heterocycles. The summed E-state index contributed by atoms with van der Waals surface area (Å²) < 4.78 is 10.7. The summed E-state index contributed by atoms with van der Waals surface area (Å²) in [6, 6.07) is 0. The first-order chi connectivity index (χ1) is 5.93. The van der Waals surface area contributed by atoms with Gasteiger partial charge in [0, 0.05) is 6.54 Å². The van der Waals surface area contributed by atoms with Gasteiger partial charge in [-0.15, -0.1) is 0 Å². The summed E-state index contributed by atoms with van der Waals surface area (Å²) in [5.41, 5.74) is 5.35. The summed E-state index contributed by atoms with van der Waals surface area (Å²) in [7, 11) is 0. The first-order valence-electron chi connectivity index (χ1n) is 4.57. The number of nitrogens with one attached hydrogen (secondary N) is 1. The molecule has 4 nitrogen and oxygen atoms in total. The van der Waals surface area contributed by atoms with Crippen molar-refractivity contribution >= 4 is 0 Å². The van der Waals surface area contributed by atoms with E-state index in [1.165, 1.54) is 0 Å². The Morgan fingerprint density at radius 3 is 2.75 bits per heavy atom. The van der Waals surface area contributed by atoms with E-state index < -0.39 is 0 Å². The lowest BCUT2D eigenvalue weighted by atomic mass is 10.4. The molecule has 72 valence electrons. The van der Waals surface area contributed by atoms with Gasteiger partial charge in [0.05, 0.1) is 13.2 Å². The van der Waals surface area contributed by atoms with E-state index in [4.69, 9.17) is 15.2 Å². The highest BCUT2D eigenvalue weighted by molar-refractivity contribution is 4.56. The fourth-order valence-electron chi connectivity index (χ4n) is 1.10. The molecule has 3 N–H and O–H groups in total. The van der Waals surface area contributed by atoms with Crippen LogP contribution in [0.15, 0.2) is 0 Å². The van der Waals surface area contributed by atoms with E-state index in [-0.39, 0.29) is 6.29 Å². The molecule has 0 aliphatic carbocycles. The van der Waals surface area contributed by atoms with Crippen LogP contribution in [-0.4, -0.2) is 39.1 Å². The van der Waals surface area contributed by atoms with Gasteiger partial charge in [0.1, 0.15) is 0 Å². The van der Waals surface area contributed by atoms with Gasteiger partial charge >= 0.3 is 0 Å². The van der Waals surface area contributed by atoms with Crippen molar-refractivity contribution in [2.24, 2.45) is 5.73 Å². The topological polar surface area (TPSA) is 56.5 Å². The van der Waals surface area contributed by atoms with E-state index in [9.17, 15) is 0 Å². The summed E-state index contributed by atoms with van der Waals surface area (Å²) in [6.45, 7) is 4.10. The molecule has 0 aromatic carbocycles. The van der Waals surface area contributed by atoms with Gasteiger partial charge in [-0.25, -0.2) is 0 Å². The van der Waals surface area contributed by atoms with Crippen LogP contribution in [0.2, 0.25) is 0 Å². The molecule has 1 heterocycles. The van der Waals surface area contributed by atoms with Crippen molar-refractivity contribution < 1.29 is 9.47 Å². The Balaban J connectivity index is 1.91. The standard InChI is InChI=1S/C8H18N2O2/c9-3-1-4-10-7-8-11-5-2-6-12-8/h8,10H,1-7,9H2. The summed E-state index contributed by atoms with van der Waals surface area (Å²) in [4.78, 5) is 0. The first-order valence-corrected chi connectivity index (χ1v) is 4.57. The van der Waals surface area contributed by atoms with Crippen molar-refractivity contribution in [2.45, 2.75) is 19.1 Å². The maximum atomic E-state index is 5.35. The molecule has 1 fully saturated rings. The van der Waals surface area contributed by atoms with Crippen molar-refractivity contribution in [3.8, 4) is 0 Å². The maximum absolute atomic E-state index is 5.35. The highest BCUT2D eigenvalue weighted by Crippen LogP contribution is 2.02. The Bertz CT molecular complexity index is 105. The third-order valence-corrected chi connectivity index (χ3v) is 1.76. The third-order valence-electron chi connectivity index (χ3n) is 1.76.